The van der Waals surface area contributed by atoms with E-state index in [4.69, 9.17) is 9.47 Å². The van der Waals surface area contributed by atoms with Crippen LogP contribution in [0.3, 0.4) is 0 Å². The predicted molar refractivity (Wildman–Crippen MR) is 88.9 cm³/mol. The molecule has 0 aromatic heterocycles. The minimum absolute atomic E-state index is 0.0808. The van der Waals surface area contributed by atoms with Gasteiger partial charge in [0.2, 0.25) is 0 Å². The molecule has 0 aromatic carbocycles. The Labute approximate surface area is 140 Å². The molecular formula is C19H32O4. The van der Waals surface area contributed by atoms with Crippen molar-refractivity contribution in [2.24, 2.45) is 10.8 Å². The number of ether oxygens (including phenoxy) is 2. The van der Waals surface area contributed by atoms with Gasteiger partial charge in [-0.25, -0.2) is 0 Å². The maximum atomic E-state index is 12.2. The molecule has 2 saturated carbocycles. The molecule has 0 amide bonds. The third-order valence-corrected chi connectivity index (χ3v) is 5.65. The second kappa shape index (κ2) is 8.16. The Balaban J connectivity index is 1.62. The smallest absolute Gasteiger partial charge is 0.311 e. The van der Waals surface area contributed by atoms with Crippen LogP contribution < -0.4 is 0 Å². The van der Waals surface area contributed by atoms with Crippen LogP contribution in [0.25, 0.3) is 0 Å². The first-order valence-corrected chi connectivity index (χ1v) is 9.31. The number of esters is 2. The van der Waals surface area contributed by atoms with Crippen molar-refractivity contribution in [3.8, 4) is 0 Å². The van der Waals surface area contributed by atoms with Gasteiger partial charge < -0.3 is 9.47 Å². The Kier molecular flexibility index (Phi) is 6.49. The second-order valence-corrected chi connectivity index (χ2v) is 7.87. The molecule has 0 radical (unpaired) electrons. The molecule has 23 heavy (non-hydrogen) atoms. The fourth-order valence-corrected chi connectivity index (χ4v) is 3.81. The van der Waals surface area contributed by atoms with Crippen molar-refractivity contribution in [3.05, 3.63) is 0 Å². The fourth-order valence-electron chi connectivity index (χ4n) is 3.81. The Morgan fingerprint density at radius 2 is 1.04 bits per heavy atom. The zero-order chi connectivity index (χ0) is 16.8. The largest absolute Gasteiger partial charge is 0.465 e. The SMILES string of the molecule is CC1(C(=O)OCCCOC(=O)C2(C)CCCCC2)CCCCC1. The minimum atomic E-state index is -0.301. The van der Waals surface area contributed by atoms with Crippen LogP contribution in [0.1, 0.15) is 84.5 Å². The van der Waals surface area contributed by atoms with E-state index in [0.29, 0.717) is 19.6 Å². The molecule has 0 N–H and O–H groups in total. The van der Waals surface area contributed by atoms with Crippen LogP contribution in [0.2, 0.25) is 0 Å². The molecule has 0 aliphatic heterocycles. The van der Waals surface area contributed by atoms with E-state index >= 15 is 0 Å². The van der Waals surface area contributed by atoms with E-state index < -0.39 is 0 Å². The van der Waals surface area contributed by atoms with Crippen LogP contribution in [0.15, 0.2) is 0 Å². The highest BCUT2D eigenvalue weighted by Gasteiger charge is 2.37. The summed E-state index contributed by atoms with van der Waals surface area (Å²) in [4.78, 5) is 24.4. The van der Waals surface area contributed by atoms with E-state index in [1.165, 1.54) is 12.8 Å². The monoisotopic (exact) mass is 324 g/mol. The summed E-state index contributed by atoms with van der Waals surface area (Å²) in [6, 6.07) is 0. The molecule has 0 unspecified atom stereocenters. The van der Waals surface area contributed by atoms with Crippen LogP contribution in [0.5, 0.6) is 0 Å². The second-order valence-electron chi connectivity index (χ2n) is 7.87. The lowest BCUT2D eigenvalue weighted by atomic mass is 9.76. The van der Waals surface area contributed by atoms with Crippen LogP contribution in [-0.2, 0) is 19.1 Å². The fraction of sp³-hybridized carbons (Fsp3) is 0.895. The van der Waals surface area contributed by atoms with E-state index in [2.05, 4.69) is 0 Å². The summed E-state index contributed by atoms with van der Waals surface area (Å²) in [6.07, 6.45) is 11.2. The summed E-state index contributed by atoms with van der Waals surface area (Å²) in [6.45, 7) is 4.72. The molecule has 4 nitrogen and oxygen atoms in total. The summed E-state index contributed by atoms with van der Waals surface area (Å²) in [5, 5.41) is 0. The van der Waals surface area contributed by atoms with Gasteiger partial charge in [0, 0.05) is 6.42 Å². The summed E-state index contributed by atoms with van der Waals surface area (Å²) >= 11 is 0. The molecule has 0 saturated heterocycles. The van der Waals surface area contributed by atoms with Gasteiger partial charge in [-0.05, 0) is 39.5 Å². The topological polar surface area (TPSA) is 52.6 Å². The normalized spacial score (nSPS) is 23.0. The zero-order valence-electron chi connectivity index (χ0n) is 14.8. The summed E-state index contributed by atoms with van der Waals surface area (Å²) in [5.41, 5.74) is -0.602. The Morgan fingerprint density at radius 1 is 0.696 bits per heavy atom. The Morgan fingerprint density at radius 3 is 1.39 bits per heavy atom. The molecule has 2 fully saturated rings. The molecule has 4 heteroatoms. The molecule has 2 rings (SSSR count). The van der Waals surface area contributed by atoms with E-state index in [0.717, 1.165) is 51.4 Å². The van der Waals surface area contributed by atoms with Gasteiger partial charge in [0.25, 0.3) is 0 Å². The zero-order valence-corrected chi connectivity index (χ0v) is 14.8. The van der Waals surface area contributed by atoms with Gasteiger partial charge in [0.05, 0.1) is 24.0 Å². The summed E-state index contributed by atoms with van der Waals surface area (Å²) in [7, 11) is 0. The number of carbonyl (C=O) groups excluding carboxylic acids is 2. The first-order valence-electron chi connectivity index (χ1n) is 9.31. The van der Waals surface area contributed by atoms with Gasteiger partial charge >= 0.3 is 11.9 Å². The van der Waals surface area contributed by atoms with Crippen LogP contribution in [0, 0.1) is 10.8 Å². The van der Waals surface area contributed by atoms with E-state index in [9.17, 15) is 9.59 Å². The van der Waals surface area contributed by atoms with Crippen LogP contribution in [0.4, 0.5) is 0 Å². The van der Waals surface area contributed by atoms with E-state index in [-0.39, 0.29) is 22.8 Å². The number of hydrogen-bond acceptors (Lipinski definition) is 4. The van der Waals surface area contributed by atoms with Crippen LogP contribution in [-0.4, -0.2) is 25.2 Å². The highest BCUT2D eigenvalue weighted by Crippen LogP contribution is 2.37. The quantitative estimate of drug-likeness (QED) is 0.536. The molecule has 2 aliphatic carbocycles. The Hall–Kier alpha value is -1.06. The molecule has 132 valence electrons. The molecule has 0 heterocycles. The average molecular weight is 324 g/mol. The highest BCUT2D eigenvalue weighted by molar-refractivity contribution is 5.77. The maximum absolute atomic E-state index is 12.2. The van der Waals surface area contributed by atoms with Gasteiger partial charge in [0.15, 0.2) is 0 Å². The van der Waals surface area contributed by atoms with Crippen molar-refractivity contribution in [1.82, 2.24) is 0 Å². The first kappa shape index (κ1) is 18.3. The minimum Gasteiger partial charge on any atom is -0.465 e. The van der Waals surface area contributed by atoms with Crippen molar-refractivity contribution in [2.75, 3.05) is 13.2 Å². The van der Waals surface area contributed by atoms with Crippen molar-refractivity contribution < 1.29 is 19.1 Å². The van der Waals surface area contributed by atoms with Crippen molar-refractivity contribution in [2.45, 2.75) is 84.5 Å². The molecule has 0 spiro atoms. The molecule has 0 aromatic rings. The van der Waals surface area contributed by atoms with Gasteiger partial charge in [-0.1, -0.05) is 38.5 Å². The Bertz CT molecular complexity index is 366. The van der Waals surface area contributed by atoms with Crippen LogP contribution >= 0.6 is 0 Å². The number of hydrogen-bond donors (Lipinski definition) is 0. The lowest BCUT2D eigenvalue weighted by Crippen LogP contribution is -2.33. The van der Waals surface area contributed by atoms with E-state index in [1.54, 1.807) is 0 Å². The van der Waals surface area contributed by atoms with Gasteiger partial charge in [0.1, 0.15) is 0 Å². The maximum Gasteiger partial charge on any atom is 0.311 e. The number of carbonyl (C=O) groups is 2. The average Bonchev–Trinajstić information content (AvgIpc) is 2.55. The molecule has 0 atom stereocenters. The van der Waals surface area contributed by atoms with Crippen molar-refractivity contribution in [3.63, 3.8) is 0 Å². The lowest BCUT2D eigenvalue weighted by Gasteiger charge is -2.31. The van der Waals surface area contributed by atoms with Gasteiger partial charge in [-0.15, -0.1) is 0 Å². The van der Waals surface area contributed by atoms with E-state index in [1.807, 2.05) is 13.8 Å². The van der Waals surface area contributed by atoms with Crippen molar-refractivity contribution in [1.29, 1.82) is 0 Å². The third kappa shape index (κ3) is 4.95. The molecule has 2 aliphatic rings. The molecule has 0 bridgehead atoms. The third-order valence-electron chi connectivity index (χ3n) is 5.65. The molecular weight excluding hydrogens is 292 g/mol. The van der Waals surface area contributed by atoms with Crippen molar-refractivity contribution >= 4 is 11.9 Å². The standard InChI is InChI=1S/C19H32O4/c1-18(10-5-3-6-11-18)16(20)22-14-9-15-23-17(21)19(2)12-7-4-8-13-19/h3-15H2,1-2H3. The first-order chi connectivity index (χ1) is 11.0. The summed E-state index contributed by atoms with van der Waals surface area (Å²) in [5.74, 6) is -0.162. The summed E-state index contributed by atoms with van der Waals surface area (Å²) < 4.78 is 10.8. The lowest BCUT2D eigenvalue weighted by molar-refractivity contribution is -0.159. The van der Waals surface area contributed by atoms with Gasteiger partial charge in [-0.3, -0.25) is 9.59 Å². The van der Waals surface area contributed by atoms with Gasteiger partial charge in [-0.2, -0.15) is 0 Å². The number of rotatable bonds is 6. The predicted octanol–water partition coefficient (Wildman–Crippen LogP) is 4.40. The highest BCUT2D eigenvalue weighted by atomic mass is 16.5.